The number of amides is 1. The van der Waals surface area contributed by atoms with Gasteiger partial charge in [0.25, 0.3) is 10.0 Å². The lowest BCUT2D eigenvalue weighted by molar-refractivity contribution is -0.120. The Hall–Kier alpha value is -3.46. The van der Waals surface area contributed by atoms with Crippen LogP contribution in [0.5, 0.6) is 5.75 Å². The number of benzene rings is 3. The molecule has 9 heteroatoms. The van der Waals surface area contributed by atoms with Gasteiger partial charge in [-0.1, -0.05) is 12.1 Å². The molecule has 1 N–H and O–H groups in total. The highest BCUT2D eigenvalue weighted by Gasteiger charge is 2.28. The zero-order valence-corrected chi connectivity index (χ0v) is 18.3. The molecule has 168 valence electrons. The van der Waals surface area contributed by atoms with Crippen LogP contribution in [0.1, 0.15) is 18.5 Å². The van der Waals surface area contributed by atoms with Gasteiger partial charge in [-0.25, -0.2) is 17.2 Å². The predicted octanol–water partition coefficient (Wildman–Crippen LogP) is 4.05. The summed E-state index contributed by atoms with van der Waals surface area (Å²) in [6.45, 7) is 1.16. The van der Waals surface area contributed by atoms with Gasteiger partial charge in [-0.05, 0) is 73.2 Å². The first-order valence-electron chi connectivity index (χ1n) is 9.68. The van der Waals surface area contributed by atoms with Crippen LogP contribution >= 0.6 is 0 Å². The van der Waals surface area contributed by atoms with Crippen molar-refractivity contribution in [3.63, 3.8) is 0 Å². The molecule has 32 heavy (non-hydrogen) atoms. The SMILES string of the molecule is COc1ccc(S(=O)(=O)N(CC(=O)N[C@H](C)c2ccc(F)cc2)c2ccc(F)cc2)cc1. The van der Waals surface area contributed by atoms with E-state index >= 15 is 0 Å². The largest absolute Gasteiger partial charge is 0.497 e. The lowest BCUT2D eigenvalue weighted by Crippen LogP contribution is -2.41. The van der Waals surface area contributed by atoms with Gasteiger partial charge in [-0.2, -0.15) is 0 Å². The first kappa shape index (κ1) is 23.2. The van der Waals surface area contributed by atoms with Gasteiger partial charge in [0.2, 0.25) is 5.91 Å². The third-order valence-electron chi connectivity index (χ3n) is 4.80. The summed E-state index contributed by atoms with van der Waals surface area (Å²) in [4.78, 5) is 12.7. The molecule has 1 atom stereocenters. The van der Waals surface area contributed by atoms with Crippen LogP contribution in [0, 0.1) is 11.6 Å². The minimum atomic E-state index is -4.15. The number of hydrogen-bond donors (Lipinski definition) is 1. The number of halogens is 2. The number of hydrogen-bond acceptors (Lipinski definition) is 4. The van der Waals surface area contributed by atoms with Gasteiger partial charge in [0.05, 0.1) is 23.7 Å². The number of sulfonamides is 1. The third-order valence-corrected chi connectivity index (χ3v) is 6.58. The van der Waals surface area contributed by atoms with Crippen LogP contribution in [0.25, 0.3) is 0 Å². The zero-order valence-electron chi connectivity index (χ0n) is 17.5. The van der Waals surface area contributed by atoms with E-state index in [1.165, 1.54) is 67.8 Å². The van der Waals surface area contributed by atoms with Crippen molar-refractivity contribution in [1.29, 1.82) is 0 Å². The van der Waals surface area contributed by atoms with Crippen molar-refractivity contribution >= 4 is 21.6 Å². The van der Waals surface area contributed by atoms with Crippen LogP contribution in [0.15, 0.2) is 77.7 Å². The van der Waals surface area contributed by atoms with Crippen molar-refractivity contribution in [2.24, 2.45) is 0 Å². The molecule has 3 aromatic rings. The molecule has 0 aliphatic carbocycles. The van der Waals surface area contributed by atoms with Crippen molar-refractivity contribution in [3.05, 3.63) is 90.0 Å². The normalized spacial score (nSPS) is 12.1. The number of nitrogens with zero attached hydrogens (tertiary/aromatic N) is 1. The molecule has 0 heterocycles. The van der Waals surface area contributed by atoms with E-state index in [9.17, 15) is 22.0 Å². The minimum absolute atomic E-state index is 0.0537. The maximum absolute atomic E-state index is 13.4. The van der Waals surface area contributed by atoms with E-state index < -0.39 is 40.2 Å². The summed E-state index contributed by atoms with van der Waals surface area (Å²) in [5.41, 5.74) is 0.790. The number of rotatable bonds is 8. The van der Waals surface area contributed by atoms with Crippen LogP contribution in [-0.2, 0) is 14.8 Å². The summed E-state index contributed by atoms with van der Waals surface area (Å²) in [5.74, 6) is -1.04. The molecule has 0 aromatic heterocycles. The molecule has 0 fully saturated rings. The van der Waals surface area contributed by atoms with Crippen molar-refractivity contribution in [2.45, 2.75) is 17.9 Å². The topological polar surface area (TPSA) is 75.7 Å². The average molecular weight is 461 g/mol. The number of anilines is 1. The van der Waals surface area contributed by atoms with Crippen molar-refractivity contribution in [3.8, 4) is 5.75 Å². The van der Waals surface area contributed by atoms with Crippen molar-refractivity contribution < 1.29 is 26.7 Å². The second-order valence-corrected chi connectivity index (χ2v) is 8.87. The zero-order chi connectivity index (χ0) is 23.3. The second kappa shape index (κ2) is 9.78. The first-order valence-corrected chi connectivity index (χ1v) is 11.1. The fourth-order valence-corrected chi connectivity index (χ4v) is 4.47. The summed E-state index contributed by atoms with van der Waals surface area (Å²) < 4.78 is 59.2. The number of nitrogens with one attached hydrogen (secondary N) is 1. The van der Waals surface area contributed by atoms with Crippen molar-refractivity contribution in [1.82, 2.24) is 5.32 Å². The van der Waals surface area contributed by atoms with Gasteiger partial charge in [0.1, 0.15) is 23.9 Å². The molecular weight excluding hydrogens is 438 g/mol. The van der Waals surface area contributed by atoms with E-state index in [0.29, 0.717) is 11.3 Å². The maximum atomic E-state index is 13.4. The quantitative estimate of drug-likeness (QED) is 0.550. The molecule has 0 aliphatic heterocycles. The van der Waals surface area contributed by atoms with E-state index in [2.05, 4.69) is 5.32 Å². The third kappa shape index (κ3) is 5.42. The van der Waals surface area contributed by atoms with Crippen LogP contribution < -0.4 is 14.4 Å². The van der Waals surface area contributed by atoms with Gasteiger partial charge in [0.15, 0.2) is 0 Å². The highest BCUT2D eigenvalue weighted by Crippen LogP contribution is 2.25. The maximum Gasteiger partial charge on any atom is 0.264 e. The van der Waals surface area contributed by atoms with Crippen LogP contribution in [0.2, 0.25) is 0 Å². The number of carbonyl (C=O) groups is 1. The molecule has 3 aromatic carbocycles. The van der Waals surface area contributed by atoms with Crippen LogP contribution in [0.3, 0.4) is 0 Å². The summed E-state index contributed by atoms with van der Waals surface area (Å²) in [6.07, 6.45) is 0. The Kier molecular flexibility index (Phi) is 7.09. The molecule has 1 amide bonds. The number of methoxy groups -OCH3 is 1. The van der Waals surface area contributed by atoms with Crippen LogP contribution in [0.4, 0.5) is 14.5 Å². The van der Waals surface area contributed by atoms with Crippen LogP contribution in [-0.4, -0.2) is 28.0 Å². The average Bonchev–Trinajstić information content (AvgIpc) is 2.78. The van der Waals surface area contributed by atoms with E-state index in [1.54, 1.807) is 6.92 Å². The van der Waals surface area contributed by atoms with E-state index in [4.69, 9.17) is 4.74 Å². The summed E-state index contributed by atoms with van der Waals surface area (Å²) in [6, 6.07) is 15.6. The Morgan fingerprint density at radius 2 is 1.47 bits per heavy atom. The Labute approximate surface area is 185 Å². The van der Waals surface area contributed by atoms with E-state index in [0.717, 1.165) is 16.4 Å². The molecule has 0 bridgehead atoms. The van der Waals surface area contributed by atoms with Gasteiger partial charge < -0.3 is 10.1 Å². The van der Waals surface area contributed by atoms with Crippen molar-refractivity contribution in [2.75, 3.05) is 18.0 Å². The number of ether oxygens (including phenoxy) is 1. The lowest BCUT2D eigenvalue weighted by atomic mass is 10.1. The smallest absolute Gasteiger partial charge is 0.264 e. The standard InChI is InChI=1S/C23H22F2N2O4S/c1-16(17-3-5-18(24)6-4-17)26-23(28)15-27(20-9-7-19(25)8-10-20)32(29,30)22-13-11-21(31-2)12-14-22/h3-14,16H,15H2,1-2H3,(H,26,28)/t16-/m1/s1. The Bertz CT molecular complexity index is 1170. The highest BCUT2D eigenvalue weighted by molar-refractivity contribution is 7.92. The molecule has 0 saturated carbocycles. The molecule has 6 nitrogen and oxygen atoms in total. The predicted molar refractivity (Wildman–Crippen MR) is 117 cm³/mol. The summed E-state index contributed by atoms with van der Waals surface area (Å²) in [5, 5.41) is 2.71. The second-order valence-electron chi connectivity index (χ2n) is 7.00. The first-order chi connectivity index (χ1) is 15.2. The Morgan fingerprint density at radius 1 is 0.938 bits per heavy atom. The molecular formula is C23H22F2N2O4S. The minimum Gasteiger partial charge on any atom is -0.497 e. The fourth-order valence-electron chi connectivity index (χ4n) is 3.05. The van der Waals surface area contributed by atoms with Gasteiger partial charge in [-0.15, -0.1) is 0 Å². The Balaban J connectivity index is 1.87. The Morgan fingerprint density at radius 3 is 2.00 bits per heavy atom. The molecule has 0 unspecified atom stereocenters. The molecule has 0 aliphatic rings. The van der Waals surface area contributed by atoms with Gasteiger partial charge in [0, 0.05) is 0 Å². The molecule has 0 radical (unpaired) electrons. The number of carbonyl (C=O) groups excluding carboxylic acids is 1. The van der Waals surface area contributed by atoms with E-state index in [-0.39, 0.29) is 10.6 Å². The molecule has 0 saturated heterocycles. The molecule has 0 spiro atoms. The highest BCUT2D eigenvalue weighted by atomic mass is 32.2. The van der Waals surface area contributed by atoms with Gasteiger partial charge in [-0.3, -0.25) is 9.10 Å². The molecule has 3 rings (SSSR count). The summed E-state index contributed by atoms with van der Waals surface area (Å²) in [7, 11) is -2.69. The van der Waals surface area contributed by atoms with E-state index in [1.807, 2.05) is 0 Å². The monoisotopic (exact) mass is 460 g/mol. The fraction of sp³-hybridized carbons (Fsp3) is 0.174. The van der Waals surface area contributed by atoms with Gasteiger partial charge >= 0.3 is 0 Å². The lowest BCUT2D eigenvalue weighted by Gasteiger charge is -2.25. The summed E-state index contributed by atoms with van der Waals surface area (Å²) >= 11 is 0.